The van der Waals surface area contributed by atoms with Gasteiger partial charge in [0.2, 0.25) is 5.28 Å². The third-order valence-electron chi connectivity index (χ3n) is 3.16. The highest BCUT2D eigenvalue weighted by molar-refractivity contribution is 6.28. The molecule has 0 fully saturated rings. The molecule has 0 saturated carbocycles. The number of fused-ring (bicyclic) bond motifs is 1. The lowest BCUT2D eigenvalue weighted by molar-refractivity contribution is 0.298. The Morgan fingerprint density at radius 3 is 3.17 bits per heavy atom. The fourth-order valence-electron chi connectivity index (χ4n) is 2.27. The molecule has 4 nitrogen and oxygen atoms in total. The van der Waals surface area contributed by atoms with Gasteiger partial charge in [-0.05, 0) is 43.0 Å². The van der Waals surface area contributed by atoms with Crippen LogP contribution in [0.25, 0.3) is 0 Å². The quantitative estimate of drug-likeness (QED) is 0.855. The largest absolute Gasteiger partial charge is 0.486 e. The van der Waals surface area contributed by atoms with Gasteiger partial charge in [0, 0.05) is 18.4 Å². The average Bonchev–Trinajstić information content (AvgIpc) is 2.75. The van der Waals surface area contributed by atoms with Crippen molar-refractivity contribution in [3.05, 3.63) is 41.2 Å². The summed E-state index contributed by atoms with van der Waals surface area (Å²) in [4.78, 5) is 8.40. The number of hydrogen-bond donors (Lipinski definition) is 0. The van der Waals surface area contributed by atoms with E-state index in [1.165, 1.54) is 18.5 Å². The summed E-state index contributed by atoms with van der Waals surface area (Å²) in [6, 6.07) is 3.74. The number of halogens is 1. The SMILES string of the molecule is Clc1nc(COc2cccnc2)c2n1CCCC2. The molecule has 1 aliphatic heterocycles. The van der Waals surface area contributed by atoms with E-state index in [-0.39, 0.29) is 0 Å². The predicted molar refractivity (Wildman–Crippen MR) is 68.7 cm³/mol. The Labute approximate surface area is 111 Å². The van der Waals surface area contributed by atoms with Crippen molar-refractivity contribution in [1.82, 2.24) is 14.5 Å². The maximum absolute atomic E-state index is 6.13. The van der Waals surface area contributed by atoms with Gasteiger partial charge in [0.25, 0.3) is 0 Å². The van der Waals surface area contributed by atoms with Gasteiger partial charge in [0.05, 0.1) is 6.20 Å². The molecule has 0 radical (unpaired) electrons. The minimum atomic E-state index is 0.452. The first kappa shape index (κ1) is 11.5. The normalized spacial score (nSPS) is 14.3. The smallest absolute Gasteiger partial charge is 0.203 e. The van der Waals surface area contributed by atoms with Crippen LogP contribution in [0, 0.1) is 0 Å². The van der Waals surface area contributed by atoms with Crippen molar-refractivity contribution in [3.63, 3.8) is 0 Å². The summed E-state index contributed by atoms with van der Waals surface area (Å²) in [5, 5.41) is 0.578. The van der Waals surface area contributed by atoms with Crippen molar-refractivity contribution >= 4 is 11.6 Å². The van der Waals surface area contributed by atoms with Crippen LogP contribution >= 0.6 is 11.6 Å². The van der Waals surface area contributed by atoms with E-state index >= 15 is 0 Å². The third kappa shape index (κ3) is 2.20. The number of aromatic nitrogens is 3. The lowest BCUT2D eigenvalue weighted by atomic mass is 10.1. The molecule has 0 unspecified atom stereocenters. The monoisotopic (exact) mass is 263 g/mol. The van der Waals surface area contributed by atoms with Crippen molar-refractivity contribution in [3.8, 4) is 5.75 Å². The topological polar surface area (TPSA) is 39.9 Å². The molecule has 2 aromatic heterocycles. The molecular formula is C13H14ClN3O. The minimum absolute atomic E-state index is 0.452. The highest BCUT2D eigenvalue weighted by atomic mass is 35.5. The van der Waals surface area contributed by atoms with Crippen LogP contribution in [0.5, 0.6) is 5.75 Å². The van der Waals surface area contributed by atoms with Crippen LogP contribution in [-0.2, 0) is 19.6 Å². The van der Waals surface area contributed by atoms with E-state index in [2.05, 4.69) is 14.5 Å². The Bertz CT molecular complexity index is 539. The van der Waals surface area contributed by atoms with Crippen LogP contribution in [0.2, 0.25) is 5.28 Å². The molecule has 0 saturated heterocycles. The molecule has 0 bridgehead atoms. The summed E-state index contributed by atoms with van der Waals surface area (Å²) in [7, 11) is 0. The number of ether oxygens (including phenoxy) is 1. The van der Waals surface area contributed by atoms with Gasteiger partial charge in [0.1, 0.15) is 18.1 Å². The zero-order valence-electron chi connectivity index (χ0n) is 9.97. The predicted octanol–water partition coefficient (Wildman–Crippen LogP) is 2.85. The van der Waals surface area contributed by atoms with Crippen LogP contribution < -0.4 is 4.74 Å². The van der Waals surface area contributed by atoms with Crippen LogP contribution in [0.15, 0.2) is 24.5 Å². The third-order valence-corrected chi connectivity index (χ3v) is 3.45. The highest BCUT2D eigenvalue weighted by Crippen LogP contribution is 2.24. The fraction of sp³-hybridized carbons (Fsp3) is 0.385. The Balaban J connectivity index is 1.77. The molecule has 2 aromatic rings. The number of rotatable bonds is 3. The van der Waals surface area contributed by atoms with Crippen LogP contribution in [0.1, 0.15) is 24.2 Å². The summed E-state index contributed by atoms with van der Waals surface area (Å²) in [5.74, 6) is 0.756. The van der Waals surface area contributed by atoms with E-state index in [1.807, 2.05) is 12.1 Å². The van der Waals surface area contributed by atoms with Crippen molar-refractivity contribution in [2.75, 3.05) is 0 Å². The molecule has 18 heavy (non-hydrogen) atoms. The highest BCUT2D eigenvalue weighted by Gasteiger charge is 2.18. The number of imidazole rings is 1. The minimum Gasteiger partial charge on any atom is -0.486 e. The summed E-state index contributed by atoms with van der Waals surface area (Å²) in [5.41, 5.74) is 2.17. The van der Waals surface area contributed by atoms with Crippen molar-refractivity contribution in [2.24, 2.45) is 0 Å². The zero-order chi connectivity index (χ0) is 12.4. The lowest BCUT2D eigenvalue weighted by Crippen LogP contribution is -2.11. The first-order valence-electron chi connectivity index (χ1n) is 6.11. The summed E-state index contributed by atoms with van der Waals surface area (Å²) in [6.07, 6.45) is 6.83. The van der Waals surface area contributed by atoms with E-state index < -0.39 is 0 Å². The van der Waals surface area contributed by atoms with E-state index in [0.717, 1.165) is 24.4 Å². The maximum atomic E-state index is 6.13. The Hall–Kier alpha value is -1.55. The van der Waals surface area contributed by atoms with Crippen molar-refractivity contribution < 1.29 is 4.74 Å². The van der Waals surface area contributed by atoms with Gasteiger partial charge in [-0.1, -0.05) is 0 Å². The van der Waals surface area contributed by atoms with Crippen LogP contribution in [-0.4, -0.2) is 14.5 Å². The summed E-state index contributed by atoms with van der Waals surface area (Å²) < 4.78 is 7.76. The molecule has 3 rings (SSSR count). The molecule has 0 amide bonds. The molecule has 0 spiro atoms. The lowest BCUT2D eigenvalue weighted by Gasteiger charge is -2.15. The van der Waals surface area contributed by atoms with Gasteiger partial charge in [-0.2, -0.15) is 0 Å². The van der Waals surface area contributed by atoms with Gasteiger partial charge < -0.3 is 9.30 Å². The second kappa shape index (κ2) is 4.98. The van der Waals surface area contributed by atoms with Gasteiger partial charge in [-0.3, -0.25) is 4.98 Å². The molecule has 1 aliphatic rings. The van der Waals surface area contributed by atoms with Gasteiger partial charge in [0.15, 0.2) is 0 Å². The zero-order valence-corrected chi connectivity index (χ0v) is 10.7. The van der Waals surface area contributed by atoms with Gasteiger partial charge in [-0.25, -0.2) is 4.98 Å². The van der Waals surface area contributed by atoms with E-state index in [9.17, 15) is 0 Å². The Morgan fingerprint density at radius 1 is 1.39 bits per heavy atom. The van der Waals surface area contributed by atoms with E-state index in [1.54, 1.807) is 12.4 Å². The van der Waals surface area contributed by atoms with E-state index in [0.29, 0.717) is 11.9 Å². The first-order chi connectivity index (χ1) is 8.84. The maximum Gasteiger partial charge on any atom is 0.203 e. The summed E-state index contributed by atoms with van der Waals surface area (Å²) in [6.45, 7) is 1.42. The first-order valence-corrected chi connectivity index (χ1v) is 6.49. The van der Waals surface area contributed by atoms with Gasteiger partial charge in [-0.15, -0.1) is 0 Å². The van der Waals surface area contributed by atoms with E-state index in [4.69, 9.17) is 16.3 Å². The number of hydrogen-bond acceptors (Lipinski definition) is 3. The molecule has 0 atom stereocenters. The molecular weight excluding hydrogens is 250 g/mol. The van der Waals surface area contributed by atoms with Crippen molar-refractivity contribution in [1.29, 1.82) is 0 Å². The molecule has 5 heteroatoms. The standard InChI is InChI=1S/C13H14ClN3O/c14-13-16-11(12-5-1-2-7-17(12)13)9-18-10-4-3-6-15-8-10/h3-4,6,8H,1-2,5,7,9H2. The van der Waals surface area contributed by atoms with Crippen LogP contribution in [0.4, 0.5) is 0 Å². The van der Waals surface area contributed by atoms with Gasteiger partial charge >= 0.3 is 0 Å². The number of pyridine rings is 1. The average molecular weight is 264 g/mol. The second-order valence-electron chi connectivity index (χ2n) is 4.36. The second-order valence-corrected chi connectivity index (χ2v) is 4.70. The Kier molecular flexibility index (Phi) is 3.19. The molecule has 0 aliphatic carbocycles. The molecule has 94 valence electrons. The molecule has 3 heterocycles. The molecule has 0 N–H and O–H groups in total. The number of nitrogens with zero attached hydrogens (tertiary/aromatic N) is 3. The Morgan fingerprint density at radius 2 is 2.33 bits per heavy atom. The molecule has 0 aromatic carbocycles. The summed E-state index contributed by atoms with van der Waals surface area (Å²) >= 11 is 6.13. The van der Waals surface area contributed by atoms with Crippen LogP contribution in [0.3, 0.4) is 0 Å². The van der Waals surface area contributed by atoms with Crippen molar-refractivity contribution in [2.45, 2.75) is 32.4 Å². The fourth-order valence-corrected chi connectivity index (χ4v) is 2.56.